The van der Waals surface area contributed by atoms with Gasteiger partial charge in [0.05, 0.1) is 24.5 Å². The lowest BCUT2D eigenvalue weighted by Gasteiger charge is -2.26. The molecule has 8 heteroatoms. The molecule has 27 heavy (non-hydrogen) atoms. The molecule has 0 spiro atoms. The third-order valence-electron chi connectivity index (χ3n) is 4.35. The Morgan fingerprint density at radius 1 is 1.19 bits per heavy atom. The predicted molar refractivity (Wildman–Crippen MR) is 94.4 cm³/mol. The van der Waals surface area contributed by atoms with Crippen LogP contribution in [-0.4, -0.2) is 54.8 Å². The van der Waals surface area contributed by atoms with E-state index in [-0.39, 0.29) is 24.7 Å². The van der Waals surface area contributed by atoms with Gasteiger partial charge in [0, 0.05) is 13.1 Å². The maximum Gasteiger partial charge on any atom is 0.342 e. The summed E-state index contributed by atoms with van der Waals surface area (Å²) in [5.74, 6) is 0.205. The van der Waals surface area contributed by atoms with Crippen molar-refractivity contribution in [1.82, 2.24) is 10.1 Å². The van der Waals surface area contributed by atoms with Crippen molar-refractivity contribution in [3.8, 4) is 5.75 Å². The molecule has 0 unspecified atom stereocenters. The first-order valence-corrected chi connectivity index (χ1v) is 8.72. The molecule has 144 valence electrons. The first kappa shape index (κ1) is 18.9. The van der Waals surface area contributed by atoms with Crippen LogP contribution in [0.5, 0.6) is 5.75 Å². The van der Waals surface area contributed by atoms with Crippen LogP contribution >= 0.6 is 0 Å². The topological polar surface area (TPSA) is 91.1 Å². The Kier molecular flexibility index (Phi) is 6.08. The summed E-state index contributed by atoms with van der Waals surface area (Å²) in [7, 11) is 0. The molecule has 2 heterocycles. The maximum absolute atomic E-state index is 12.4. The van der Waals surface area contributed by atoms with E-state index < -0.39 is 5.97 Å². The van der Waals surface area contributed by atoms with Gasteiger partial charge >= 0.3 is 5.97 Å². The van der Waals surface area contributed by atoms with Crippen molar-refractivity contribution in [3.63, 3.8) is 0 Å². The van der Waals surface area contributed by atoms with E-state index in [0.717, 1.165) is 11.3 Å². The number of hydrogen-bond donors (Lipinski definition) is 0. The fourth-order valence-electron chi connectivity index (χ4n) is 2.73. The molecule has 0 N–H and O–H groups in total. The van der Waals surface area contributed by atoms with Gasteiger partial charge in [0.1, 0.15) is 23.7 Å². The summed E-state index contributed by atoms with van der Waals surface area (Å²) in [6.45, 7) is 5.55. The zero-order valence-electron chi connectivity index (χ0n) is 15.4. The maximum atomic E-state index is 12.4. The van der Waals surface area contributed by atoms with E-state index in [2.05, 4.69) is 5.16 Å². The van der Waals surface area contributed by atoms with Crippen molar-refractivity contribution >= 4 is 11.9 Å². The summed E-state index contributed by atoms with van der Waals surface area (Å²) in [4.78, 5) is 26.2. The van der Waals surface area contributed by atoms with Gasteiger partial charge < -0.3 is 23.6 Å². The molecule has 8 nitrogen and oxygen atoms in total. The molecule has 1 aromatic heterocycles. The first-order valence-electron chi connectivity index (χ1n) is 8.72. The van der Waals surface area contributed by atoms with Crippen molar-refractivity contribution in [2.24, 2.45) is 0 Å². The molecule has 0 radical (unpaired) electrons. The second-order valence-electron chi connectivity index (χ2n) is 6.16. The Morgan fingerprint density at radius 2 is 1.93 bits per heavy atom. The van der Waals surface area contributed by atoms with Crippen LogP contribution in [0.15, 0.2) is 28.8 Å². The Labute approximate surface area is 157 Å². The molecule has 0 saturated carbocycles. The zero-order valence-corrected chi connectivity index (χ0v) is 15.4. The quantitative estimate of drug-likeness (QED) is 0.713. The van der Waals surface area contributed by atoms with Crippen LogP contribution in [0.1, 0.15) is 27.4 Å². The number of amides is 1. The van der Waals surface area contributed by atoms with Crippen molar-refractivity contribution in [3.05, 3.63) is 46.8 Å². The Bertz CT molecular complexity index is 791. The van der Waals surface area contributed by atoms with Gasteiger partial charge in [0.2, 0.25) is 0 Å². The van der Waals surface area contributed by atoms with Crippen LogP contribution in [0.2, 0.25) is 0 Å². The predicted octanol–water partition coefficient (Wildman–Crippen LogP) is 1.89. The van der Waals surface area contributed by atoms with Crippen LogP contribution < -0.4 is 4.74 Å². The highest BCUT2D eigenvalue weighted by Gasteiger charge is 2.20. The van der Waals surface area contributed by atoms with E-state index in [1.807, 2.05) is 6.92 Å². The normalized spacial score (nSPS) is 14.1. The smallest absolute Gasteiger partial charge is 0.342 e. The number of aromatic nitrogens is 1. The first-order chi connectivity index (χ1) is 13.1. The van der Waals surface area contributed by atoms with E-state index in [0.29, 0.717) is 37.8 Å². The highest BCUT2D eigenvalue weighted by atomic mass is 16.5. The highest BCUT2D eigenvalue weighted by Crippen LogP contribution is 2.22. The number of para-hydroxylation sites is 1. The molecule has 1 aliphatic rings. The molecule has 0 atom stereocenters. The third kappa shape index (κ3) is 4.65. The highest BCUT2D eigenvalue weighted by molar-refractivity contribution is 5.94. The summed E-state index contributed by atoms with van der Waals surface area (Å²) >= 11 is 0. The van der Waals surface area contributed by atoms with Gasteiger partial charge in [-0.2, -0.15) is 0 Å². The van der Waals surface area contributed by atoms with Gasteiger partial charge in [-0.15, -0.1) is 0 Å². The standard InChI is InChI=1S/C19H22N2O6/c1-13-16(14(2)27-20-13)11-25-17-6-4-3-5-15(17)19(23)26-12-18(22)21-7-9-24-10-8-21/h3-6H,7-12H2,1-2H3. The van der Waals surface area contributed by atoms with Gasteiger partial charge in [0.15, 0.2) is 6.61 Å². The number of rotatable bonds is 6. The van der Waals surface area contributed by atoms with Crippen molar-refractivity contribution in [2.75, 3.05) is 32.9 Å². The fraction of sp³-hybridized carbons (Fsp3) is 0.421. The van der Waals surface area contributed by atoms with E-state index in [1.54, 1.807) is 36.1 Å². The van der Waals surface area contributed by atoms with Gasteiger partial charge in [-0.05, 0) is 26.0 Å². The zero-order chi connectivity index (χ0) is 19.2. The molecule has 1 aromatic carbocycles. The average Bonchev–Trinajstić information content (AvgIpc) is 3.02. The number of carbonyl (C=O) groups is 2. The van der Waals surface area contributed by atoms with Gasteiger partial charge in [-0.1, -0.05) is 17.3 Å². The Balaban J connectivity index is 1.60. The van der Waals surface area contributed by atoms with E-state index in [9.17, 15) is 9.59 Å². The monoisotopic (exact) mass is 374 g/mol. The van der Waals surface area contributed by atoms with Crippen LogP contribution in [0.3, 0.4) is 0 Å². The summed E-state index contributed by atoms with van der Waals surface area (Å²) in [5, 5.41) is 3.88. The Morgan fingerprint density at radius 3 is 2.63 bits per heavy atom. The minimum Gasteiger partial charge on any atom is -0.488 e. The number of carbonyl (C=O) groups excluding carboxylic acids is 2. The molecular formula is C19H22N2O6. The van der Waals surface area contributed by atoms with E-state index in [4.69, 9.17) is 18.7 Å². The molecule has 1 aliphatic heterocycles. The molecular weight excluding hydrogens is 352 g/mol. The lowest BCUT2D eigenvalue weighted by atomic mass is 10.2. The van der Waals surface area contributed by atoms with E-state index >= 15 is 0 Å². The number of morpholine rings is 1. The number of esters is 1. The van der Waals surface area contributed by atoms with Crippen LogP contribution in [0.25, 0.3) is 0 Å². The Hall–Kier alpha value is -2.87. The molecule has 2 aromatic rings. The van der Waals surface area contributed by atoms with Crippen molar-refractivity contribution < 1.29 is 28.3 Å². The summed E-state index contributed by atoms with van der Waals surface area (Å²) in [5.41, 5.74) is 1.84. The number of benzene rings is 1. The average molecular weight is 374 g/mol. The third-order valence-corrected chi connectivity index (χ3v) is 4.35. The summed E-state index contributed by atoms with van der Waals surface area (Å²) in [6, 6.07) is 6.75. The minimum atomic E-state index is -0.606. The largest absolute Gasteiger partial charge is 0.488 e. The van der Waals surface area contributed by atoms with Crippen molar-refractivity contribution in [2.45, 2.75) is 20.5 Å². The second kappa shape index (κ2) is 8.68. The molecule has 0 bridgehead atoms. The van der Waals surface area contributed by atoms with E-state index in [1.165, 1.54) is 0 Å². The van der Waals surface area contributed by atoms with Gasteiger partial charge in [0.25, 0.3) is 5.91 Å². The van der Waals surface area contributed by atoms with Crippen LogP contribution in [-0.2, 0) is 20.9 Å². The van der Waals surface area contributed by atoms with Gasteiger partial charge in [-0.25, -0.2) is 4.79 Å². The van der Waals surface area contributed by atoms with Gasteiger partial charge in [-0.3, -0.25) is 4.79 Å². The number of hydrogen-bond acceptors (Lipinski definition) is 7. The fourth-order valence-corrected chi connectivity index (χ4v) is 2.73. The minimum absolute atomic E-state index is 0.220. The lowest BCUT2D eigenvalue weighted by Crippen LogP contribution is -2.42. The summed E-state index contributed by atoms with van der Waals surface area (Å²) in [6.07, 6.45) is 0. The number of nitrogens with zero attached hydrogens (tertiary/aromatic N) is 2. The molecule has 1 amide bonds. The van der Waals surface area contributed by atoms with Crippen LogP contribution in [0.4, 0.5) is 0 Å². The molecule has 1 fully saturated rings. The van der Waals surface area contributed by atoms with Crippen molar-refractivity contribution in [1.29, 1.82) is 0 Å². The molecule has 3 rings (SSSR count). The molecule has 1 saturated heterocycles. The number of aryl methyl sites for hydroxylation is 2. The second-order valence-corrected chi connectivity index (χ2v) is 6.16. The summed E-state index contributed by atoms with van der Waals surface area (Å²) < 4.78 is 21.3. The van der Waals surface area contributed by atoms with Crippen LogP contribution in [0, 0.1) is 13.8 Å². The molecule has 0 aliphatic carbocycles. The lowest BCUT2D eigenvalue weighted by molar-refractivity contribution is -0.138. The number of ether oxygens (including phenoxy) is 3. The SMILES string of the molecule is Cc1noc(C)c1COc1ccccc1C(=O)OCC(=O)N1CCOCC1.